The molecule has 0 aromatic carbocycles. The molecule has 21 heavy (non-hydrogen) atoms. The summed E-state index contributed by atoms with van der Waals surface area (Å²) >= 11 is 0. The molecule has 0 saturated carbocycles. The van der Waals surface area contributed by atoms with Crippen molar-refractivity contribution in [3.05, 3.63) is 11.6 Å². The van der Waals surface area contributed by atoms with Gasteiger partial charge in [-0.3, -0.25) is 9.36 Å². The van der Waals surface area contributed by atoms with Crippen molar-refractivity contribution in [1.82, 2.24) is 5.32 Å². The van der Waals surface area contributed by atoms with Gasteiger partial charge in [-0.15, -0.1) is 0 Å². The highest BCUT2D eigenvalue weighted by atomic mass is 31.2. The lowest BCUT2D eigenvalue weighted by molar-refractivity contribution is -0.119. The van der Waals surface area contributed by atoms with E-state index in [0.29, 0.717) is 5.57 Å². The number of hydrogen-bond acceptors (Lipinski definition) is 5. The second-order valence-electron chi connectivity index (χ2n) is 4.68. The topological polar surface area (TPSA) is 84.9 Å². The quantitative estimate of drug-likeness (QED) is 0.477. The summed E-state index contributed by atoms with van der Waals surface area (Å²) in [5.41, 5.74) is -0.142. The molecule has 2 unspecified atom stereocenters. The van der Waals surface area contributed by atoms with Gasteiger partial charge < -0.3 is 19.5 Å². The molecule has 1 amide bonds. The fraction of sp³-hybridized carbons (Fsp3) is 0.786. The summed E-state index contributed by atoms with van der Waals surface area (Å²) in [7, 11) is -3.52. The third-order valence-corrected chi connectivity index (χ3v) is 5.46. The SMILES string of the molecule is CCC=C(C)C(O)C(CNC(C)=O)P(=O)(OCC)OCC. The molecule has 0 aliphatic rings. The van der Waals surface area contributed by atoms with Crippen LogP contribution >= 0.6 is 7.60 Å². The van der Waals surface area contributed by atoms with Gasteiger partial charge in [0.25, 0.3) is 0 Å². The number of carbonyl (C=O) groups excluding carboxylic acids is 1. The Labute approximate surface area is 127 Å². The monoisotopic (exact) mass is 321 g/mol. The number of hydrogen-bond donors (Lipinski definition) is 2. The minimum atomic E-state index is -3.52. The normalized spacial score (nSPS) is 15.6. The van der Waals surface area contributed by atoms with Gasteiger partial charge in [-0.2, -0.15) is 0 Å². The van der Waals surface area contributed by atoms with E-state index < -0.39 is 19.4 Å². The molecule has 0 aliphatic heterocycles. The lowest BCUT2D eigenvalue weighted by Crippen LogP contribution is -2.39. The molecule has 0 radical (unpaired) electrons. The van der Waals surface area contributed by atoms with Gasteiger partial charge in [0, 0.05) is 13.5 Å². The van der Waals surface area contributed by atoms with Crippen LogP contribution in [-0.4, -0.2) is 42.5 Å². The van der Waals surface area contributed by atoms with Gasteiger partial charge in [0.1, 0.15) is 5.66 Å². The summed E-state index contributed by atoms with van der Waals surface area (Å²) in [5.74, 6) is -0.260. The first-order chi connectivity index (χ1) is 9.82. The van der Waals surface area contributed by atoms with Gasteiger partial charge in [0.15, 0.2) is 0 Å². The maximum absolute atomic E-state index is 12.9. The number of allylic oxidation sites excluding steroid dienone is 1. The van der Waals surface area contributed by atoms with E-state index in [1.54, 1.807) is 20.8 Å². The number of carbonyl (C=O) groups is 1. The molecule has 0 saturated heterocycles. The zero-order chi connectivity index (χ0) is 16.5. The maximum Gasteiger partial charge on any atom is 0.338 e. The Morgan fingerprint density at radius 2 is 1.76 bits per heavy atom. The highest BCUT2D eigenvalue weighted by molar-refractivity contribution is 7.54. The van der Waals surface area contributed by atoms with Crippen LogP contribution in [-0.2, 0) is 18.4 Å². The highest BCUT2D eigenvalue weighted by Gasteiger charge is 2.41. The molecule has 0 aromatic heterocycles. The Morgan fingerprint density at radius 3 is 2.14 bits per heavy atom. The van der Waals surface area contributed by atoms with Gasteiger partial charge >= 0.3 is 7.60 Å². The van der Waals surface area contributed by atoms with E-state index in [-0.39, 0.29) is 25.7 Å². The summed E-state index contributed by atoms with van der Waals surface area (Å²) in [5, 5.41) is 13.0. The maximum atomic E-state index is 12.9. The van der Waals surface area contributed by atoms with Gasteiger partial charge in [-0.25, -0.2) is 0 Å². The second-order valence-corrected chi connectivity index (χ2v) is 6.94. The molecule has 0 fully saturated rings. The van der Waals surface area contributed by atoms with Crippen molar-refractivity contribution in [1.29, 1.82) is 0 Å². The predicted molar refractivity (Wildman–Crippen MR) is 83.4 cm³/mol. The first-order valence-corrected chi connectivity index (χ1v) is 8.91. The van der Waals surface area contributed by atoms with Crippen molar-refractivity contribution in [3.8, 4) is 0 Å². The predicted octanol–water partition coefficient (Wildman–Crippen LogP) is 2.47. The van der Waals surface area contributed by atoms with E-state index in [2.05, 4.69) is 5.32 Å². The van der Waals surface area contributed by atoms with E-state index in [4.69, 9.17) is 9.05 Å². The highest BCUT2D eigenvalue weighted by Crippen LogP contribution is 2.54. The van der Waals surface area contributed by atoms with Gasteiger partial charge in [-0.1, -0.05) is 13.0 Å². The first-order valence-electron chi connectivity index (χ1n) is 7.30. The Morgan fingerprint density at radius 1 is 1.24 bits per heavy atom. The molecule has 0 heterocycles. The molecule has 0 bridgehead atoms. The minimum Gasteiger partial charge on any atom is -0.388 e. The molecule has 124 valence electrons. The third-order valence-electron chi connectivity index (χ3n) is 2.94. The average molecular weight is 321 g/mol. The minimum absolute atomic E-state index is 0.0304. The molecule has 0 spiro atoms. The molecule has 6 nitrogen and oxygen atoms in total. The molecule has 2 atom stereocenters. The molecule has 0 rings (SSSR count). The van der Waals surface area contributed by atoms with Crippen LogP contribution < -0.4 is 5.32 Å². The zero-order valence-corrected chi connectivity index (χ0v) is 14.5. The number of aliphatic hydroxyl groups excluding tert-OH is 1. The van der Waals surface area contributed by atoms with Crippen molar-refractivity contribution in [3.63, 3.8) is 0 Å². The van der Waals surface area contributed by atoms with Gasteiger partial charge in [-0.05, 0) is 32.8 Å². The van der Waals surface area contributed by atoms with Crippen LogP contribution in [0.3, 0.4) is 0 Å². The average Bonchev–Trinajstić information content (AvgIpc) is 2.39. The van der Waals surface area contributed by atoms with Crippen LogP contribution in [0.15, 0.2) is 11.6 Å². The Balaban J connectivity index is 5.39. The number of amides is 1. The van der Waals surface area contributed by atoms with Crippen molar-refractivity contribution < 1.29 is 23.5 Å². The standard InChI is InChI=1S/C14H28NO5P/c1-6-9-11(4)14(17)13(10-15-12(5)16)21(18,19-7-2)20-8-3/h9,13-14,17H,6-8,10H2,1-5H3,(H,15,16). The number of aliphatic hydroxyl groups is 1. The van der Waals surface area contributed by atoms with Crippen LogP contribution in [0.5, 0.6) is 0 Å². The van der Waals surface area contributed by atoms with Crippen molar-refractivity contribution in [2.75, 3.05) is 19.8 Å². The Kier molecular flexibility index (Phi) is 9.79. The van der Waals surface area contributed by atoms with E-state index >= 15 is 0 Å². The van der Waals surface area contributed by atoms with Crippen molar-refractivity contribution in [2.45, 2.75) is 52.8 Å². The molecular formula is C14H28NO5P. The fourth-order valence-electron chi connectivity index (χ4n) is 1.98. The molecular weight excluding hydrogens is 293 g/mol. The first kappa shape index (κ1) is 20.3. The second kappa shape index (κ2) is 10.1. The largest absolute Gasteiger partial charge is 0.388 e. The third kappa shape index (κ3) is 6.74. The van der Waals surface area contributed by atoms with Crippen LogP contribution in [0.1, 0.15) is 41.0 Å². The summed E-state index contributed by atoms with van der Waals surface area (Å²) in [6, 6.07) is 0. The van der Waals surface area contributed by atoms with E-state index in [1.165, 1.54) is 6.92 Å². The summed E-state index contributed by atoms with van der Waals surface area (Å²) in [6.45, 7) is 8.94. The molecule has 2 N–H and O–H groups in total. The van der Waals surface area contributed by atoms with E-state index in [1.807, 2.05) is 13.0 Å². The lowest BCUT2D eigenvalue weighted by Gasteiger charge is -2.30. The fourth-order valence-corrected chi connectivity index (χ4v) is 4.05. The van der Waals surface area contributed by atoms with Gasteiger partial charge in [0.2, 0.25) is 5.91 Å². The molecule has 7 heteroatoms. The summed E-state index contributed by atoms with van der Waals surface area (Å²) in [6.07, 6.45) is 1.61. The van der Waals surface area contributed by atoms with Crippen LogP contribution in [0.4, 0.5) is 0 Å². The number of nitrogens with one attached hydrogen (secondary N) is 1. The van der Waals surface area contributed by atoms with E-state index in [9.17, 15) is 14.5 Å². The number of rotatable bonds is 10. The van der Waals surface area contributed by atoms with Crippen LogP contribution in [0, 0.1) is 0 Å². The molecule has 0 aromatic rings. The Bertz CT molecular complexity index is 387. The van der Waals surface area contributed by atoms with Gasteiger partial charge in [0.05, 0.1) is 19.3 Å². The molecule has 0 aliphatic carbocycles. The van der Waals surface area contributed by atoms with Crippen molar-refractivity contribution >= 4 is 13.5 Å². The zero-order valence-electron chi connectivity index (χ0n) is 13.6. The lowest BCUT2D eigenvalue weighted by atomic mass is 10.1. The Hall–Kier alpha value is -0.680. The van der Waals surface area contributed by atoms with Crippen molar-refractivity contribution in [2.24, 2.45) is 0 Å². The smallest absolute Gasteiger partial charge is 0.338 e. The van der Waals surface area contributed by atoms with E-state index in [0.717, 1.165) is 6.42 Å². The summed E-state index contributed by atoms with van der Waals surface area (Å²) in [4.78, 5) is 11.1. The van der Waals surface area contributed by atoms with Crippen LogP contribution in [0.25, 0.3) is 0 Å². The summed E-state index contributed by atoms with van der Waals surface area (Å²) < 4.78 is 23.5. The van der Waals surface area contributed by atoms with Crippen LogP contribution in [0.2, 0.25) is 0 Å².